The van der Waals surface area contributed by atoms with Crippen LogP contribution in [0.1, 0.15) is 58.3 Å². The average Bonchev–Trinajstić information content (AvgIpc) is 3.37. The largest absolute Gasteiger partial charge is 0.510 e. The molecule has 1 heterocycles. The number of hydrogen-bond acceptors (Lipinski definition) is 11. The third-order valence-corrected chi connectivity index (χ3v) is 7.33. The summed E-state index contributed by atoms with van der Waals surface area (Å²) in [6.45, 7) is 1.56. The molecule has 15 heteroatoms. The number of halogens is 1. The summed E-state index contributed by atoms with van der Waals surface area (Å²) in [5, 5.41) is 14.8. The fraction of sp³-hybridized carbons (Fsp3) is 0.250. The van der Waals surface area contributed by atoms with Gasteiger partial charge >= 0.3 is 6.16 Å². The van der Waals surface area contributed by atoms with Gasteiger partial charge in [0.1, 0.15) is 24.7 Å². The van der Waals surface area contributed by atoms with Crippen LogP contribution in [0.5, 0.6) is 0 Å². The number of aldehydes is 1. The zero-order chi connectivity index (χ0) is 33.8. The molecule has 0 aliphatic heterocycles. The number of carbonyl (C=O) groups is 2. The molecule has 0 radical (unpaired) electrons. The Kier molecular flexibility index (Phi) is 12.2. The Morgan fingerprint density at radius 2 is 1.74 bits per heavy atom. The summed E-state index contributed by atoms with van der Waals surface area (Å²) >= 11 is 6.23. The first-order chi connectivity index (χ1) is 22.7. The number of aromatic nitrogens is 2. The molecule has 4 N–H and O–H groups in total. The maximum absolute atomic E-state index is 12.2. The highest BCUT2D eigenvalue weighted by atomic mass is 35.5. The smallest absolute Gasteiger partial charge is 0.429 e. The molecule has 47 heavy (non-hydrogen) atoms. The molecule has 0 saturated carbocycles. The van der Waals surface area contributed by atoms with E-state index in [4.69, 9.17) is 32.7 Å². The van der Waals surface area contributed by atoms with Gasteiger partial charge in [0.25, 0.3) is 5.09 Å². The number of amidine groups is 1. The summed E-state index contributed by atoms with van der Waals surface area (Å²) in [5.41, 5.74) is 10.8. The van der Waals surface area contributed by atoms with Crippen LogP contribution in [0.4, 0.5) is 4.79 Å². The van der Waals surface area contributed by atoms with Gasteiger partial charge in [-0.1, -0.05) is 97.7 Å². The number of hydrazone groups is 1. The van der Waals surface area contributed by atoms with E-state index >= 15 is 0 Å². The lowest BCUT2D eigenvalue weighted by Crippen LogP contribution is -2.33. The van der Waals surface area contributed by atoms with Gasteiger partial charge in [0.05, 0.1) is 0 Å². The molecule has 0 spiro atoms. The maximum Gasteiger partial charge on any atom is 0.510 e. The topological polar surface area (TPSA) is 190 Å². The maximum atomic E-state index is 12.2. The van der Waals surface area contributed by atoms with E-state index in [1.807, 2.05) is 41.0 Å². The first kappa shape index (κ1) is 34.4. The van der Waals surface area contributed by atoms with E-state index in [9.17, 15) is 19.7 Å². The number of hydrogen-bond donors (Lipinski definition) is 2. The number of imidazole rings is 1. The number of unbranched alkanes of at least 4 members (excludes halogenated alkanes) is 1. The Hall–Kier alpha value is -5.47. The number of hydrazine groups is 1. The van der Waals surface area contributed by atoms with E-state index < -0.39 is 18.0 Å². The average molecular weight is 664 g/mol. The van der Waals surface area contributed by atoms with Gasteiger partial charge in [-0.15, -0.1) is 15.2 Å². The Balaban J connectivity index is 1.38. The molecule has 0 aliphatic rings. The highest BCUT2D eigenvalue weighted by Crippen LogP contribution is 2.25. The van der Waals surface area contributed by atoms with Gasteiger partial charge in [-0.25, -0.2) is 15.6 Å². The molecule has 0 atom stereocenters. The van der Waals surface area contributed by atoms with Crippen LogP contribution in [0, 0.1) is 10.1 Å². The number of carbonyl (C=O) groups excluding carboxylic acids is 2. The minimum absolute atomic E-state index is 0.0770. The second-order valence-electron chi connectivity index (χ2n) is 10.3. The Labute approximate surface area is 275 Å². The van der Waals surface area contributed by atoms with Crippen LogP contribution >= 0.6 is 11.6 Å². The van der Waals surface area contributed by atoms with Crippen LogP contribution in [-0.2, 0) is 40.5 Å². The van der Waals surface area contributed by atoms with E-state index in [1.54, 1.807) is 36.4 Å². The zero-order valence-electron chi connectivity index (χ0n) is 25.6. The lowest BCUT2D eigenvalue weighted by atomic mass is 9.98. The zero-order valence-corrected chi connectivity index (χ0v) is 26.3. The first-order valence-corrected chi connectivity index (χ1v) is 15.0. The van der Waals surface area contributed by atoms with Crippen molar-refractivity contribution in [1.82, 2.24) is 14.7 Å². The van der Waals surface area contributed by atoms with Gasteiger partial charge in [-0.2, -0.15) is 5.12 Å². The lowest BCUT2D eigenvalue weighted by Gasteiger charge is -2.16. The second kappa shape index (κ2) is 16.7. The summed E-state index contributed by atoms with van der Waals surface area (Å²) in [6, 6.07) is 21.8. The molecule has 0 fully saturated rings. The fourth-order valence-corrected chi connectivity index (χ4v) is 4.95. The molecule has 4 aromatic rings. The summed E-state index contributed by atoms with van der Waals surface area (Å²) in [4.78, 5) is 43.2. The van der Waals surface area contributed by atoms with E-state index in [-0.39, 0.29) is 24.2 Å². The standard InChI is InChI=1S/C32H34ClN7O7/c1-2-3-12-29-36-30(33)28(18-41)38(29)17-22-13-15-23(16-14-22)26-10-6-7-11-27(26)31(34)37-39(35)21-46-32(42)45-19-24-8-4-5-9-25(24)20-47-40(43)44/h4-11,13-16,18H,2-3,12,17,19-21,35H2,1H3,(H2,34,37). The third-order valence-electron chi connectivity index (χ3n) is 7.06. The number of aryl methyl sites for hydroxylation is 1. The lowest BCUT2D eigenvalue weighted by molar-refractivity contribution is -0.763. The van der Waals surface area contributed by atoms with Crippen LogP contribution in [0.3, 0.4) is 0 Å². The molecule has 3 aromatic carbocycles. The monoisotopic (exact) mass is 663 g/mol. The molecular weight excluding hydrogens is 630 g/mol. The molecule has 1 aromatic heterocycles. The molecule has 0 aliphatic carbocycles. The highest BCUT2D eigenvalue weighted by Gasteiger charge is 2.16. The van der Waals surface area contributed by atoms with Gasteiger partial charge in [-0.3, -0.25) is 4.79 Å². The van der Waals surface area contributed by atoms with Crippen molar-refractivity contribution in [2.75, 3.05) is 6.73 Å². The van der Waals surface area contributed by atoms with Gasteiger partial charge < -0.3 is 24.6 Å². The van der Waals surface area contributed by atoms with Crippen molar-refractivity contribution in [1.29, 1.82) is 0 Å². The van der Waals surface area contributed by atoms with Crippen molar-refractivity contribution in [3.05, 3.63) is 122 Å². The van der Waals surface area contributed by atoms with Crippen molar-refractivity contribution in [3.63, 3.8) is 0 Å². The second-order valence-corrected chi connectivity index (χ2v) is 10.6. The fourth-order valence-electron chi connectivity index (χ4n) is 4.71. The van der Waals surface area contributed by atoms with Crippen LogP contribution in [0.2, 0.25) is 5.15 Å². The summed E-state index contributed by atoms with van der Waals surface area (Å²) < 4.78 is 12.0. The van der Waals surface area contributed by atoms with Gasteiger partial charge in [-0.05, 0) is 34.2 Å². The van der Waals surface area contributed by atoms with Gasteiger partial charge in [0.2, 0.25) is 0 Å². The van der Waals surface area contributed by atoms with E-state index in [0.717, 1.165) is 53.2 Å². The van der Waals surface area contributed by atoms with Crippen molar-refractivity contribution >= 4 is 29.9 Å². The van der Waals surface area contributed by atoms with Crippen LogP contribution in [0.25, 0.3) is 11.1 Å². The molecule has 0 bridgehead atoms. The predicted octanol–water partition coefficient (Wildman–Crippen LogP) is 5.22. The van der Waals surface area contributed by atoms with Crippen LogP contribution < -0.4 is 11.6 Å². The molecule has 0 amide bonds. The SMILES string of the molecule is CCCCc1nc(Cl)c(C=O)n1Cc1ccc(-c2ccccc2/C(N)=N/N(N)COC(=O)OCc2ccccc2CO[N+](=O)[O-])cc1. The Morgan fingerprint density at radius 3 is 2.43 bits per heavy atom. The van der Waals surface area contributed by atoms with E-state index in [2.05, 4.69) is 21.8 Å². The van der Waals surface area contributed by atoms with Crippen molar-refractivity contribution < 1.29 is 29.0 Å². The van der Waals surface area contributed by atoms with Crippen molar-refractivity contribution in [2.24, 2.45) is 16.7 Å². The highest BCUT2D eigenvalue weighted by molar-refractivity contribution is 6.31. The predicted molar refractivity (Wildman–Crippen MR) is 173 cm³/mol. The summed E-state index contributed by atoms with van der Waals surface area (Å²) in [7, 11) is 0. The normalized spacial score (nSPS) is 11.2. The Bertz CT molecular complexity index is 1730. The molecule has 246 valence electrons. The molecule has 14 nitrogen and oxygen atoms in total. The van der Waals surface area contributed by atoms with Crippen LogP contribution in [0.15, 0.2) is 77.9 Å². The number of benzene rings is 3. The first-order valence-electron chi connectivity index (χ1n) is 14.6. The number of rotatable bonds is 16. The summed E-state index contributed by atoms with van der Waals surface area (Å²) in [5.74, 6) is 6.77. The molecule has 4 rings (SSSR count). The quantitative estimate of drug-likeness (QED) is 0.0233. The number of nitrogens with two attached hydrogens (primary N) is 2. The third kappa shape index (κ3) is 9.51. The number of ether oxygens (including phenoxy) is 2. The van der Waals surface area contributed by atoms with Gasteiger partial charge in [0.15, 0.2) is 24.0 Å². The molecule has 0 unspecified atom stereocenters. The van der Waals surface area contributed by atoms with Gasteiger partial charge in [0, 0.05) is 18.5 Å². The number of nitrogens with zero attached hydrogens (tertiary/aromatic N) is 5. The van der Waals surface area contributed by atoms with Crippen molar-refractivity contribution in [2.45, 2.75) is 45.9 Å². The van der Waals surface area contributed by atoms with E-state index in [0.29, 0.717) is 28.9 Å². The van der Waals surface area contributed by atoms with E-state index in [1.165, 1.54) is 0 Å². The Morgan fingerprint density at radius 1 is 1.06 bits per heavy atom. The minimum Gasteiger partial charge on any atom is -0.429 e. The minimum atomic E-state index is -1.03. The van der Waals surface area contributed by atoms with Crippen molar-refractivity contribution in [3.8, 4) is 11.1 Å². The van der Waals surface area contributed by atoms with Crippen LogP contribution in [-0.4, -0.2) is 44.8 Å². The summed E-state index contributed by atoms with van der Waals surface area (Å²) in [6.07, 6.45) is 2.34. The molecular formula is C32H34ClN7O7. The molecule has 0 saturated heterocycles.